The molecule has 2 saturated heterocycles. The number of alkyl halides is 1. The first-order chi connectivity index (χ1) is 7.38. The van der Waals surface area contributed by atoms with Crippen LogP contribution in [0.15, 0.2) is 0 Å². The summed E-state index contributed by atoms with van der Waals surface area (Å²) >= 11 is 0. The first-order valence-corrected chi connectivity index (χ1v) is 6.49. The van der Waals surface area contributed by atoms with Crippen LogP contribution >= 0.6 is 0 Å². The van der Waals surface area contributed by atoms with Gasteiger partial charge in [0.15, 0.2) is 0 Å². The molecule has 2 nitrogen and oxygen atoms in total. The van der Waals surface area contributed by atoms with Gasteiger partial charge in [-0.15, -0.1) is 0 Å². The predicted molar refractivity (Wildman–Crippen MR) is 60.8 cm³/mol. The Hall–Kier alpha value is -0.150. The van der Waals surface area contributed by atoms with E-state index in [0.29, 0.717) is 0 Å². The van der Waals surface area contributed by atoms with Crippen LogP contribution in [0, 0.1) is 0 Å². The van der Waals surface area contributed by atoms with Gasteiger partial charge in [0.1, 0.15) is 6.17 Å². The highest BCUT2D eigenvalue weighted by Crippen LogP contribution is 2.20. The van der Waals surface area contributed by atoms with Crippen molar-refractivity contribution in [2.75, 3.05) is 13.1 Å². The summed E-state index contributed by atoms with van der Waals surface area (Å²) in [4.78, 5) is 0. The van der Waals surface area contributed by atoms with Crippen molar-refractivity contribution >= 4 is 0 Å². The van der Waals surface area contributed by atoms with Crippen LogP contribution in [-0.2, 0) is 0 Å². The molecular weight excluding hydrogens is 191 g/mol. The summed E-state index contributed by atoms with van der Waals surface area (Å²) in [6.45, 7) is 2.00. The fourth-order valence-corrected chi connectivity index (χ4v) is 2.76. The highest BCUT2D eigenvalue weighted by molar-refractivity contribution is 4.89. The van der Waals surface area contributed by atoms with E-state index in [-0.39, 0.29) is 12.1 Å². The second-order valence-corrected chi connectivity index (χ2v) is 4.91. The average Bonchev–Trinajstić information content (AvgIpc) is 2.58. The van der Waals surface area contributed by atoms with Gasteiger partial charge in [0, 0.05) is 12.1 Å². The monoisotopic (exact) mass is 214 g/mol. The van der Waals surface area contributed by atoms with Gasteiger partial charge in [0.05, 0.1) is 0 Å². The normalized spacial score (nSPS) is 35.8. The Kier molecular flexibility index (Phi) is 4.39. The van der Waals surface area contributed by atoms with Crippen molar-refractivity contribution < 1.29 is 4.39 Å². The van der Waals surface area contributed by atoms with E-state index in [1.165, 1.54) is 32.1 Å². The van der Waals surface area contributed by atoms with Crippen molar-refractivity contribution in [2.24, 2.45) is 0 Å². The van der Waals surface area contributed by atoms with Crippen molar-refractivity contribution in [1.29, 1.82) is 0 Å². The summed E-state index contributed by atoms with van der Waals surface area (Å²) in [7, 11) is 0. The van der Waals surface area contributed by atoms with Gasteiger partial charge in [-0.1, -0.05) is 19.3 Å². The fraction of sp³-hybridized carbons (Fsp3) is 1.00. The summed E-state index contributed by atoms with van der Waals surface area (Å²) < 4.78 is 14.2. The van der Waals surface area contributed by atoms with Crippen molar-refractivity contribution in [3.05, 3.63) is 0 Å². The highest BCUT2D eigenvalue weighted by atomic mass is 19.1. The zero-order valence-corrected chi connectivity index (χ0v) is 9.47. The second-order valence-electron chi connectivity index (χ2n) is 4.91. The zero-order chi connectivity index (χ0) is 10.5. The Bertz CT molecular complexity index is 172. The lowest BCUT2D eigenvalue weighted by Gasteiger charge is -2.31. The molecule has 0 saturated carbocycles. The summed E-state index contributed by atoms with van der Waals surface area (Å²) in [5, 5.41) is 6.69. The minimum atomic E-state index is -0.691. The Morgan fingerprint density at radius 2 is 1.33 bits per heavy atom. The minimum Gasteiger partial charge on any atom is -0.311 e. The molecule has 3 unspecified atom stereocenters. The molecule has 0 radical (unpaired) electrons. The molecular formula is C12H23FN2. The third-order valence-electron chi connectivity index (χ3n) is 3.72. The molecule has 0 aliphatic carbocycles. The molecule has 0 aromatic rings. The molecule has 0 amide bonds. The van der Waals surface area contributed by atoms with Crippen LogP contribution < -0.4 is 10.6 Å². The molecule has 2 heterocycles. The van der Waals surface area contributed by atoms with Crippen molar-refractivity contribution in [3.63, 3.8) is 0 Å². The number of rotatable bonds is 2. The van der Waals surface area contributed by atoms with E-state index in [2.05, 4.69) is 10.6 Å². The van der Waals surface area contributed by atoms with Gasteiger partial charge in [-0.25, -0.2) is 4.39 Å². The standard InChI is InChI=1S/C12H23FN2/c13-12(11-7-3-5-9-15-11)10-6-2-1-4-8-14-10/h10-12,14-15H,1-9H2. The van der Waals surface area contributed by atoms with E-state index in [1.807, 2.05) is 0 Å². The Morgan fingerprint density at radius 1 is 0.800 bits per heavy atom. The van der Waals surface area contributed by atoms with Gasteiger partial charge in [-0.3, -0.25) is 0 Å². The number of halogens is 1. The van der Waals surface area contributed by atoms with Gasteiger partial charge >= 0.3 is 0 Å². The maximum Gasteiger partial charge on any atom is 0.131 e. The van der Waals surface area contributed by atoms with Crippen LogP contribution in [0.25, 0.3) is 0 Å². The molecule has 2 aliphatic heterocycles. The number of hydrogen-bond donors (Lipinski definition) is 2. The van der Waals surface area contributed by atoms with Crippen LogP contribution in [0.4, 0.5) is 4.39 Å². The molecule has 0 aromatic heterocycles. The summed E-state index contributed by atoms with van der Waals surface area (Å²) in [6, 6.07) is 0.206. The largest absolute Gasteiger partial charge is 0.311 e. The van der Waals surface area contributed by atoms with Crippen LogP contribution in [-0.4, -0.2) is 31.3 Å². The van der Waals surface area contributed by atoms with E-state index in [0.717, 1.165) is 25.9 Å². The maximum atomic E-state index is 14.2. The van der Waals surface area contributed by atoms with Crippen molar-refractivity contribution in [3.8, 4) is 0 Å². The lowest BCUT2D eigenvalue weighted by molar-refractivity contribution is 0.165. The van der Waals surface area contributed by atoms with E-state index in [1.54, 1.807) is 0 Å². The van der Waals surface area contributed by atoms with Gasteiger partial charge in [-0.2, -0.15) is 0 Å². The van der Waals surface area contributed by atoms with Crippen LogP contribution in [0.3, 0.4) is 0 Å². The third-order valence-corrected chi connectivity index (χ3v) is 3.72. The van der Waals surface area contributed by atoms with Gasteiger partial charge < -0.3 is 10.6 Å². The molecule has 88 valence electrons. The summed E-state index contributed by atoms with van der Waals surface area (Å²) in [5.41, 5.74) is 0. The van der Waals surface area contributed by atoms with Gasteiger partial charge in [-0.05, 0) is 38.8 Å². The number of piperidine rings is 1. The lowest BCUT2D eigenvalue weighted by Crippen LogP contribution is -2.50. The molecule has 3 heteroatoms. The quantitative estimate of drug-likeness (QED) is 0.734. The molecule has 0 spiro atoms. The van der Waals surface area contributed by atoms with E-state index in [9.17, 15) is 4.39 Å². The molecule has 0 aromatic carbocycles. The molecule has 15 heavy (non-hydrogen) atoms. The first kappa shape index (κ1) is 11.3. The first-order valence-electron chi connectivity index (χ1n) is 6.49. The van der Waals surface area contributed by atoms with Crippen LogP contribution in [0.2, 0.25) is 0 Å². The number of hydrogen-bond acceptors (Lipinski definition) is 2. The third kappa shape index (κ3) is 3.15. The van der Waals surface area contributed by atoms with Crippen LogP contribution in [0.5, 0.6) is 0 Å². The summed E-state index contributed by atoms with van der Waals surface area (Å²) in [5.74, 6) is 0. The predicted octanol–water partition coefficient (Wildman–Crippen LogP) is 2.00. The molecule has 2 N–H and O–H groups in total. The zero-order valence-electron chi connectivity index (χ0n) is 9.47. The molecule has 2 aliphatic rings. The highest BCUT2D eigenvalue weighted by Gasteiger charge is 2.30. The maximum absolute atomic E-state index is 14.2. The van der Waals surface area contributed by atoms with Gasteiger partial charge in [0.2, 0.25) is 0 Å². The fourth-order valence-electron chi connectivity index (χ4n) is 2.76. The van der Waals surface area contributed by atoms with Crippen LogP contribution in [0.1, 0.15) is 44.9 Å². The smallest absolute Gasteiger partial charge is 0.131 e. The van der Waals surface area contributed by atoms with Crippen molar-refractivity contribution in [1.82, 2.24) is 10.6 Å². The Labute approximate surface area is 92.0 Å². The molecule has 0 bridgehead atoms. The Balaban J connectivity index is 1.83. The van der Waals surface area contributed by atoms with E-state index in [4.69, 9.17) is 0 Å². The topological polar surface area (TPSA) is 24.1 Å². The SMILES string of the molecule is FC(C1CCCCCN1)C1CCCCN1. The van der Waals surface area contributed by atoms with Crippen molar-refractivity contribution in [2.45, 2.75) is 63.2 Å². The average molecular weight is 214 g/mol. The molecule has 2 rings (SSSR count). The minimum absolute atomic E-state index is 0.100. The lowest BCUT2D eigenvalue weighted by atomic mass is 9.94. The number of nitrogens with one attached hydrogen (secondary N) is 2. The molecule has 3 atom stereocenters. The Morgan fingerprint density at radius 3 is 1.93 bits per heavy atom. The van der Waals surface area contributed by atoms with E-state index < -0.39 is 6.17 Å². The van der Waals surface area contributed by atoms with Gasteiger partial charge in [0.25, 0.3) is 0 Å². The second kappa shape index (κ2) is 5.80. The van der Waals surface area contributed by atoms with E-state index >= 15 is 0 Å². The molecule has 2 fully saturated rings. The summed E-state index contributed by atoms with van der Waals surface area (Å²) in [6.07, 6.45) is 7.38.